The Hall–Kier alpha value is -6.58. The Morgan fingerprint density at radius 1 is 0.327 bits per heavy atom. The van der Waals surface area contributed by atoms with E-state index in [2.05, 4.69) is 190 Å². The van der Waals surface area contributed by atoms with Gasteiger partial charge in [-0.2, -0.15) is 0 Å². The summed E-state index contributed by atoms with van der Waals surface area (Å²) in [6.07, 6.45) is 0. The molecule has 0 saturated carbocycles. The molecule has 0 fully saturated rings. The summed E-state index contributed by atoms with van der Waals surface area (Å²) in [4.78, 5) is 2.31. The smallest absolute Gasteiger partial charge is 0.0642 e. The molecule has 3 heterocycles. The number of anilines is 3. The van der Waals surface area contributed by atoms with Crippen molar-refractivity contribution in [2.24, 2.45) is 0 Å². The van der Waals surface area contributed by atoms with Gasteiger partial charge in [-0.3, -0.25) is 0 Å². The molecule has 8 aromatic carbocycles. The zero-order valence-corrected chi connectivity index (χ0v) is 26.6. The summed E-state index contributed by atoms with van der Waals surface area (Å²) in [5.41, 5.74) is 10.7. The van der Waals surface area contributed by atoms with Crippen LogP contribution in [0.1, 0.15) is 0 Å². The molecule has 0 aliphatic rings. The lowest BCUT2D eigenvalue weighted by atomic mass is 10.0. The third-order valence-corrected chi connectivity index (χ3v) is 10.4. The molecule has 0 radical (unpaired) electrons. The molecule has 49 heavy (non-hydrogen) atoms. The largest absolute Gasteiger partial charge is 0.311 e. The second kappa shape index (κ2) is 9.96. The van der Waals surface area contributed by atoms with Gasteiger partial charge in [0.05, 0.1) is 27.6 Å². The van der Waals surface area contributed by atoms with Crippen LogP contribution < -0.4 is 4.90 Å². The monoisotopic (exact) mass is 623 g/mol. The van der Waals surface area contributed by atoms with Crippen LogP contribution in [-0.4, -0.2) is 8.97 Å². The van der Waals surface area contributed by atoms with E-state index < -0.39 is 0 Å². The number of hydrogen-bond donors (Lipinski definition) is 0. The molecule has 0 spiro atoms. The normalized spacial score (nSPS) is 12.1. The Bertz CT molecular complexity index is 2980. The lowest BCUT2D eigenvalue weighted by Gasteiger charge is -2.25. The molecule has 3 nitrogen and oxygen atoms in total. The highest BCUT2D eigenvalue weighted by Gasteiger charge is 2.24. The van der Waals surface area contributed by atoms with Gasteiger partial charge in [-0.05, 0) is 89.0 Å². The second-order valence-corrected chi connectivity index (χ2v) is 12.9. The first-order valence-electron chi connectivity index (χ1n) is 16.9. The molecule has 0 atom stereocenters. The first-order valence-corrected chi connectivity index (χ1v) is 16.9. The SMILES string of the molecule is c1ccc(N(c2ccccc2)c2ccc(-n3c4cccc5c6ccccc6n6c7ccc8ccccc8c7c7ccc3c(c54)c76)cc2)cc1. The highest BCUT2D eigenvalue weighted by atomic mass is 15.1. The van der Waals surface area contributed by atoms with Crippen molar-refractivity contribution >= 4 is 87.7 Å². The molecule has 0 saturated heterocycles. The third kappa shape index (κ3) is 3.62. The number of hydrogen-bond acceptors (Lipinski definition) is 1. The van der Waals surface area contributed by atoms with Gasteiger partial charge in [-0.15, -0.1) is 0 Å². The Morgan fingerprint density at radius 3 is 1.69 bits per heavy atom. The first kappa shape index (κ1) is 26.5. The highest BCUT2D eigenvalue weighted by Crippen LogP contribution is 2.46. The molecular formula is C46H29N3. The number of aromatic nitrogens is 2. The van der Waals surface area contributed by atoms with Crippen molar-refractivity contribution in [2.45, 2.75) is 0 Å². The van der Waals surface area contributed by atoms with E-state index in [1.165, 1.54) is 70.7 Å². The van der Waals surface area contributed by atoms with E-state index in [0.29, 0.717) is 0 Å². The van der Waals surface area contributed by atoms with Crippen molar-refractivity contribution < 1.29 is 0 Å². The standard InChI is InChI=1S/C46H29N3/c1-3-13-31(14-4-1)47(32-15-5-2-6-16-32)33-23-25-34(26-24-33)48-40-21-11-19-37-36-18-9-10-20-39(36)49-41-28-22-30-12-7-8-17-35(30)43(41)38-27-29-42(48)45(44(37)40)46(38)49/h1-29H. The number of nitrogens with zero attached hydrogens (tertiary/aromatic N) is 3. The van der Waals surface area contributed by atoms with E-state index in [1.54, 1.807) is 0 Å². The van der Waals surface area contributed by atoms with Gasteiger partial charge in [0, 0.05) is 49.7 Å². The zero-order valence-electron chi connectivity index (χ0n) is 26.6. The summed E-state index contributed by atoms with van der Waals surface area (Å²) in [6, 6.07) is 64.0. The van der Waals surface area contributed by atoms with Gasteiger partial charge < -0.3 is 13.9 Å². The van der Waals surface area contributed by atoms with Crippen LogP contribution in [0.15, 0.2) is 176 Å². The van der Waals surface area contributed by atoms with Crippen LogP contribution in [0.3, 0.4) is 0 Å². The summed E-state index contributed by atoms with van der Waals surface area (Å²) in [5, 5.41) is 10.3. The molecule has 0 bridgehead atoms. The Balaban J connectivity index is 1.24. The predicted octanol–water partition coefficient (Wildman–Crippen LogP) is 12.6. The van der Waals surface area contributed by atoms with Crippen molar-refractivity contribution in [3.05, 3.63) is 176 Å². The van der Waals surface area contributed by atoms with Crippen LogP contribution in [0.25, 0.3) is 76.4 Å². The van der Waals surface area contributed by atoms with Gasteiger partial charge in [0.15, 0.2) is 0 Å². The third-order valence-electron chi connectivity index (χ3n) is 10.4. The van der Waals surface area contributed by atoms with E-state index in [1.807, 2.05) is 0 Å². The maximum absolute atomic E-state index is 2.53. The molecule has 3 heteroatoms. The quantitative estimate of drug-likeness (QED) is 0.190. The van der Waals surface area contributed by atoms with Crippen molar-refractivity contribution in [1.82, 2.24) is 8.97 Å². The molecule has 228 valence electrons. The minimum absolute atomic E-state index is 1.12. The van der Waals surface area contributed by atoms with Gasteiger partial charge in [0.25, 0.3) is 0 Å². The minimum atomic E-state index is 1.12. The highest BCUT2D eigenvalue weighted by molar-refractivity contribution is 6.35. The molecule has 0 unspecified atom stereocenters. The summed E-state index contributed by atoms with van der Waals surface area (Å²) in [6.45, 7) is 0. The Kier molecular flexibility index (Phi) is 5.38. The van der Waals surface area contributed by atoms with Gasteiger partial charge >= 0.3 is 0 Å². The Labute approximate surface area is 282 Å². The topological polar surface area (TPSA) is 12.6 Å². The second-order valence-electron chi connectivity index (χ2n) is 12.9. The molecule has 0 N–H and O–H groups in total. The summed E-state index contributed by atoms with van der Waals surface area (Å²) in [5.74, 6) is 0. The van der Waals surface area contributed by atoms with Crippen molar-refractivity contribution in [3.63, 3.8) is 0 Å². The van der Waals surface area contributed by atoms with Crippen molar-refractivity contribution in [2.75, 3.05) is 4.90 Å². The zero-order chi connectivity index (χ0) is 32.1. The number of benzene rings is 8. The fourth-order valence-electron chi connectivity index (χ4n) is 8.42. The van der Waals surface area contributed by atoms with Gasteiger partial charge in [0.2, 0.25) is 0 Å². The average molecular weight is 624 g/mol. The molecule has 0 amide bonds. The first-order chi connectivity index (χ1) is 24.3. The lowest BCUT2D eigenvalue weighted by Crippen LogP contribution is -2.09. The lowest BCUT2D eigenvalue weighted by molar-refractivity contribution is 1.17. The van der Waals surface area contributed by atoms with Crippen molar-refractivity contribution in [3.8, 4) is 5.69 Å². The van der Waals surface area contributed by atoms with Gasteiger partial charge in [-0.1, -0.05) is 103 Å². The number of rotatable bonds is 4. The molecule has 11 aromatic rings. The predicted molar refractivity (Wildman–Crippen MR) is 208 cm³/mol. The maximum atomic E-state index is 2.53. The van der Waals surface area contributed by atoms with Crippen LogP contribution in [0.4, 0.5) is 17.1 Å². The number of para-hydroxylation sites is 3. The van der Waals surface area contributed by atoms with E-state index >= 15 is 0 Å². The minimum Gasteiger partial charge on any atom is -0.311 e. The fourth-order valence-corrected chi connectivity index (χ4v) is 8.42. The fraction of sp³-hybridized carbons (Fsp3) is 0. The van der Waals surface area contributed by atoms with Gasteiger partial charge in [0.1, 0.15) is 0 Å². The summed E-state index contributed by atoms with van der Waals surface area (Å²) >= 11 is 0. The average Bonchev–Trinajstić information content (AvgIpc) is 3.65. The molecule has 3 aromatic heterocycles. The van der Waals surface area contributed by atoms with E-state index in [-0.39, 0.29) is 0 Å². The van der Waals surface area contributed by atoms with Crippen LogP contribution in [0, 0.1) is 0 Å². The van der Waals surface area contributed by atoms with Crippen LogP contribution in [0.5, 0.6) is 0 Å². The number of fused-ring (bicyclic) bond motifs is 8. The van der Waals surface area contributed by atoms with Crippen LogP contribution in [-0.2, 0) is 0 Å². The maximum Gasteiger partial charge on any atom is 0.0642 e. The van der Waals surface area contributed by atoms with Gasteiger partial charge in [-0.25, -0.2) is 0 Å². The van der Waals surface area contributed by atoms with E-state index in [9.17, 15) is 0 Å². The van der Waals surface area contributed by atoms with Crippen molar-refractivity contribution in [1.29, 1.82) is 0 Å². The summed E-state index contributed by atoms with van der Waals surface area (Å²) in [7, 11) is 0. The van der Waals surface area contributed by atoms with E-state index in [4.69, 9.17) is 0 Å². The van der Waals surface area contributed by atoms with E-state index in [0.717, 1.165) is 22.7 Å². The molecule has 0 aliphatic carbocycles. The Morgan fingerprint density at radius 2 is 0.918 bits per heavy atom. The summed E-state index contributed by atoms with van der Waals surface area (Å²) < 4.78 is 4.99. The van der Waals surface area contributed by atoms with Crippen LogP contribution in [0.2, 0.25) is 0 Å². The molecular weight excluding hydrogens is 595 g/mol. The van der Waals surface area contributed by atoms with Crippen LogP contribution >= 0.6 is 0 Å². The molecule has 0 aliphatic heterocycles. The molecule has 11 rings (SSSR count).